The van der Waals surface area contributed by atoms with Crippen LogP contribution in [0.25, 0.3) is 0 Å². The first-order valence-corrected chi connectivity index (χ1v) is 7.60. The first-order chi connectivity index (χ1) is 9.11. The number of rotatable bonds is 2. The molecule has 3 rings (SSSR count). The zero-order chi connectivity index (χ0) is 13.5. The van der Waals surface area contributed by atoms with E-state index in [0.29, 0.717) is 15.3 Å². The van der Waals surface area contributed by atoms with Crippen LogP contribution in [-0.4, -0.2) is 24.0 Å². The summed E-state index contributed by atoms with van der Waals surface area (Å²) in [6.45, 7) is 2.05. The molecule has 1 saturated carbocycles. The van der Waals surface area contributed by atoms with Gasteiger partial charge in [0.25, 0.3) is 0 Å². The third-order valence-electron chi connectivity index (χ3n) is 4.17. The molecule has 6 heteroatoms. The Morgan fingerprint density at radius 2 is 2.26 bits per heavy atom. The lowest BCUT2D eigenvalue weighted by molar-refractivity contribution is -0.118. The van der Waals surface area contributed by atoms with E-state index in [4.69, 9.17) is 11.6 Å². The van der Waals surface area contributed by atoms with Crippen LogP contribution in [0, 0.1) is 11.3 Å². The third kappa shape index (κ3) is 2.64. The molecular formula is C13H15BrClN3O. The number of anilines is 1. The van der Waals surface area contributed by atoms with Crippen molar-refractivity contribution < 1.29 is 4.79 Å². The Morgan fingerprint density at radius 1 is 1.53 bits per heavy atom. The van der Waals surface area contributed by atoms with Crippen LogP contribution >= 0.6 is 27.5 Å². The van der Waals surface area contributed by atoms with Crippen molar-refractivity contribution in [3.8, 4) is 0 Å². The second kappa shape index (κ2) is 5.04. The molecule has 0 radical (unpaired) electrons. The van der Waals surface area contributed by atoms with Crippen LogP contribution in [0.5, 0.6) is 0 Å². The number of piperidine rings is 1. The molecule has 1 unspecified atom stereocenters. The van der Waals surface area contributed by atoms with Gasteiger partial charge in [-0.3, -0.25) is 4.79 Å². The first-order valence-electron chi connectivity index (χ1n) is 6.43. The molecule has 102 valence electrons. The average Bonchev–Trinajstić information content (AvgIpc) is 3.08. The number of hydrogen-bond acceptors (Lipinski definition) is 3. The van der Waals surface area contributed by atoms with E-state index in [1.165, 1.54) is 0 Å². The summed E-state index contributed by atoms with van der Waals surface area (Å²) in [5.74, 6) is 0.266. The van der Waals surface area contributed by atoms with E-state index >= 15 is 0 Å². The highest BCUT2D eigenvalue weighted by Gasteiger charge is 2.57. The second-order valence-electron chi connectivity index (χ2n) is 5.35. The highest BCUT2D eigenvalue weighted by molar-refractivity contribution is 9.10. The maximum atomic E-state index is 12.2. The SMILES string of the molecule is O=C(Nc1cnc(Cl)c(Br)c1)C1CC12CCNCC2. The quantitative estimate of drug-likeness (QED) is 0.811. The summed E-state index contributed by atoms with van der Waals surface area (Å²) in [6.07, 6.45) is 4.81. The monoisotopic (exact) mass is 343 g/mol. The normalized spacial score (nSPS) is 24.2. The molecule has 1 aliphatic heterocycles. The Labute approximate surface area is 125 Å². The van der Waals surface area contributed by atoms with E-state index in [2.05, 4.69) is 31.5 Å². The van der Waals surface area contributed by atoms with Gasteiger partial charge in [-0.15, -0.1) is 0 Å². The fraction of sp³-hybridized carbons (Fsp3) is 0.538. The molecule has 2 heterocycles. The number of pyridine rings is 1. The van der Waals surface area contributed by atoms with Gasteiger partial charge < -0.3 is 10.6 Å². The number of halogens is 2. The van der Waals surface area contributed by atoms with Gasteiger partial charge in [-0.1, -0.05) is 11.6 Å². The van der Waals surface area contributed by atoms with Gasteiger partial charge in [0.2, 0.25) is 5.91 Å². The fourth-order valence-electron chi connectivity index (χ4n) is 2.91. The molecule has 2 fully saturated rings. The Morgan fingerprint density at radius 3 is 2.95 bits per heavy atom. The maximum absolute atomic E-state index is 12.2. The van der Waals surface area contributed by atoms with Crippen molar-refractivity contribution in [2.24, 2.45) is 11.3 Å². The van der Waals surface area contributed by atoms with Crippen molar-refractivity contribution in [3.05, 3.63) is 21.9 Å². The Bertz CT molecular complexity index is 517. The van der Waals surface area contributed by atoms with Crippen LogP contribution in [0.3, 0.4) is 0 Å². The van der Waals surface area contributed by atoms with Gasteiger partial charge in [-0.25, -0.2) is 4.98 Å². The van der Waals surface area contributed by atoms with Crippen molar-refractivity contribution in [2.45, 2.75) is 19.3 Å². The lowest BCUT2D eigenvalue weighted by atomic mass is 9.92. The van der Waals surface area contributed by atoms with Crippen LogP contribution in [0.15, 0.2) is 16.7 Å². The Kier molecular flexibility index (Phi) is 3.53. The smallest absolute Gasteiger partial charge is 0.228 e. The minimum absolute atomic E-state index is 0.109. The van der Waals surface area contributed by atoms with E-state index < -0.39 is 0 Å². The minimum Gasteiger partial charge on any atom is -0.324 e. The summed E-state index contributed by atoms with van der Waals surface area (Å²) >= 11 is 9.14. The van der Waals surface area contributed by atoms with Crippen LogP contribution in [0.2, 0.25) is 5.15 Å². The van der Waals surface area contributed by atoms with Gasteiger partial charge >= 0.3 is 0 Å². The highest BCUT2D eigenvalue weighted by atomic mass is 79.9. The van der Waals surface area contributed by atoms with Gasteiger partial charge in [0.15, 0.2) is 0 Å². The number of amides is 1. The minimum atomic E-state index is 0.109. The van der Waals surface area contributed by atoms with Crippen molar-refractivity contribution >= 4 is 39.1 Å². The molecule has 2 N–H and O–H groups in total. The van der Waals surface area contributed by atoms with Crippen LogP contribution < -0.4 is 10.6 Å². The fourth-order valence-corrected chi connectivity index (χ4v) is 3.37. The van der Waals surface area contributed by atoms with Crippen molar-refractivity contribution in [1.29, 1.82) is 0 Å². The summed E-state index contributed by atoms with van der Waals surface area (Å²) in [5.41, 5.74) is 0.948. The summed E-state index contributed by atoms with van der Waals surface area (Å²) in [4.78, 5) is 16.2. The summed E-state index contributed by atoms with van der Waals surface area (Å²) in [5, 5.41) is 6.68. The lowest BCUT2D eigenvalue weighted by Gasteiger charge is -2.23. The maximum Gasteiger partial charge on any atom is 0.228 e. The van der Waals surface area contributed by atoms with Crippen molar-refractivity contribution in [3.63, 3.8) is 0 Å². The molecular weight excluding hydrogens is 330 g/mol. The predicted molar refractivity (Wildman–Crippen MR) is 78.2 cm³/mol. The predicted octanol–water partition coefficient (Wildman–Crippen LogP) is 2.83. The largest absolute Gasteiger partial charge is 0.324 e. The highest BCUT2D eigenvalue weighted by Crippen LogP contribution is 2.58. The van der Waals surface area contributed by atoms with E-state index in [-0.39, 0.29) is 17.2 Å². The standard InChI is InChI=1S/C13H15BrClN3O/c14-10-5-8(7-17-11(10)15)18-12(19)9-6-13(9)1-3-16-4-2-13/h5,7,9,16H,1-4,6H2,(H,18,19). The Hall–Kier alpha value is -0.650. The summed E-state index contributed by atoms with van der Waals surface area (Å²) < 4.78 is 0.694. The molecule has 1 aromatic rings. The second-order valence-corrected chi connectivity index (χ2v) is 6.57. The Balaban J connectivity index is 1.64. The molecule has 1 amide bonds. The number of hydrogen-bond donors (Lipinski definition) is 2. The van der Waals surface area contributed by atoms with E-state index in [9.17, 15) is 4.79 Å². The zero-order valence-corrected chi connectivity index (χ0v) is 12.7. The average molecular weight is 345 g/mol. The number of nitrogens with zero attached hydrogens (tertiary/aromatic N) is 1. The van der Waals surface area contributed by atoms with Gasteiger partial charge in [-0.2, -0.15) is 0 Å². The van der Waals surface area contributed by atoms with Crippen molar-refractivity contribution in [2.75, 3.05) is 18.4 Å². The number of carbonyl (C=O) groups is 1. The molecule has 19 heavy (non-hydrogen) atoms. The lowest BCUT2D eigenvalue weighted by Crippen LogP contribution is -2.31. The number of nitrogens with one attached hydrogen (secondary N) is 2. The molecule has 1 saturated heterocycles. The molecule has 1 aliphatic carbocycles. The topological polar surface area (TPSA) is 54.0 Å². The molecule has 1 spiro atoms. The van der Waals surface area contributed by atoms with E-state index in [0.717, 1.165) is 32.4 Å². The number of carbonyl (C=O) groups excluding carboxylic acids is 1. The molecule has 0 aromatic carbocycles. The van der Waals surface area contributed by atoms with Crippen LogP contribution in [0.4, 0.5) is 5.69 Å². The molecule has 2 aliphatic rings. The summed E-state index contributed by atoms with van der Waals surface area (Å²) in [6, 6.07) is 1.78. The molecule has 1 aromatic heterocycles. The molecule has 0 bridgehead atoms. The van der Waals surface area contributed by atoms with Gasteiger partial charge in [0, 0.05) is 5.92 Å². The molecule has 4 nitrogen and oxygen atoms in total. The number of aromatic nitrogens is 1. The summed E-state index contributed by atoms with van der Waals surface area (Å²) in [7, 11) is 0. The van der Waals surface area contributed by atoms with Gasteiger partial charge in [-0.05, 0) is 59.8 Å². The van der Waals surface area contributed by atoms with Crippen LogP contribution in [-0.2, 0) is 4.79 Å². The van der Waals surface area contributed by atoms with Gasteiger partial charge in [0.05, 0.1) is 16.4 Å². The zero-order valence-electron chi connectivity index (χ0n) is 10.4. The van der Waals surface area contributed by atoms with E-state index in [1.807, 2.05) is 0 Å². The van der Waals surface area contributed by atoms with Gasteiger partial charge in [0.1, 0.15) is 5.15 Å². The first kappa shape index (κ1) is 13.3. The van der Waals surface area contributed by atoms with Crippen molar-refractivity contribution in [1.82, 2.24) is 10.3 Å². The third-order valence-corrected chi connectivity index (χ3v) is 5.30. The molecule has 1 atom stereocenters. The van der Waals surface area contributed by atoms with Crippen LogP contribution in [0.1, 0.15) is 19.3 Å². The van der Waals surface area contributed by atoms with E-state index in [1.54, 1.807) is 12.3 Å².